The van der Waals surface area contributed by atoms with Crippen molar-refractivity contribution in [1.82, 2.24) is 15.2 Å². The summed E-state index contributed by atoms with van der Waals surface area (Å²) in [7, 11) is 0. The summed E-state index contributed by atoms with van der Waals surface area (Å²) in [4.78, 5) is 18.5. The molecule has 0 radical (unpaired) electrons. The normalized spacial score (nSPS) is 16.7. The lowest BCUT2D eigenvalue weighted by atomic mass is 10.1. The molecule has 1 amide bonds. The number of carbonyl (C=O) groups is 1. The number of anilines is 1. The SMILES string of the molecule is Cc1cnccc1NCCNC(=O)C(C)CN1CCCC1. The summed E-state index contributed by atoms with van der Waals surface area (Å²) in [6, 6.07) is 1.95. The maximum Gasteiger partial charge on any atom is 0.224 e. The number of nitrogens with one attached hydrogen (secondary N) is 2. The van der Waals surface area contributed by atoms with Crippen LogP contribution in [-0.2, 0) is 4.79 Å². The van der Waals surface area contributed by atoms with Crippen molar-refractivity contribution < 1.29 is 4.79 Å². The predicted molar refractivity (Wildman–Crippen MR) is 85.3 cm³/mol. The summed E-state index contributed by atoms with van der Waals surface area (Å²) in [5.41, 5.74) is 2.19. The Morgan fingerprint density at radius 1 is 1.38 bits per heavy atom. The van der Waals surface area contributed by atoms with Gasteiger partial charge in [0.05, 0.1) is 0 Å². The van der Waals surface area contributed by atoms with Gasteiger partial charge >= 0.3 is 0 Å². The van der Waals surface area contributed by atoms with Crippen LogP contribution in [0.4, 0.5) is 5.69 Å². The first kappa shape index (κ1) is 15.8. The van der Waals surface area contributed by atoms with Crippen molar-refractivity contribution in [3.8, 4) is 0 Å². The van der Waals surface area contributed by atoms with Gasteiger partial charge in [-0.3, -0.25) is 9.78 Å². The summed E-state index contributed by atoms with van der Waals surface area (Å²) < 4.78 is 0. The van der Waals surface area contributed by atoms with Crippen LogP contribution < -0.4 is 10.6 Å². The zero-order chi connectivity index (χ0) is 15.1. The van der Waals surface area contributed by atoms with Gasteiger partial charge in [-0.05, 0) is 44.5 Å². The predicted octanol–water partition coefficient (Wildman–Crippen LogP) is 1.65. The third kappa shape index (κ3) is 5.01. The van der Waals surface area contributed by atoms with Crippen LogP contribution in [0.5, 0.6) is 0 Å². The molecule has 21 heavy (non-hydrogen) atoms. The van der Waals surface area contributed by atoms with Gasteiger partial charge in [-0.2, -0.15) is 0 Å². The lowest BCUT2D eigenvalue weighted by molar-refractivity contribution is -0.124. The van der Waals surface area contributed by atoms with E-state index in [9.17, 15) is 4.79 Å². The van der Waals surface area contributed by atoms with Crippen molar-refractivity contribution in [2.75, 3.05) is 38.0 Å². The minimum atomic E-state index is 0.0609. The van der Waals surface area contributed by atoms with Gasteiger partial charge < -0.3 is 15.5 Å². The molecule has 0 bridgehead atoms. The largest absolute Gasteiger partial charge is 0.383 e. The van der Waals surface area contributed by atoms with Crippen LogP contribution in [0.25, 0.3) is 0 Å². The standard InChI is InChI=1S/C16H26N4O/c1-13-11-17-6-5-15(13)18-7-8-19-16(21)14(2)12-20-9-3-4-10-20/h5-6,11,14H,3-4,7-10,12H2,1-2H3,(H,17,18)(H,19,21). The van der Waals surface area contributed by atoms with Crippen LogP contribution in [0.2, 0.25) is 0 Å². The lowest BCUT2D eigenvalue weighted by Crippen LogP contribution is -2.38. The molecular weight excluding hydrogens is 264 g/mol. The Morgan fingerprint density at radius 3 is 2.86 bits per heavy atom. The number of amides is 1. The fourth-order valence-corrected chi connectivity index (χ4v) is 2.66. The average molecular weight is 290 g/mol. The van der Waals surface area contributed by atoms with E-state index in [1.807, 2.05) is 26.1 Å². The van der Waals surface area contributed by atoms with Gasteiger partial charge in [0.2, 0.25) is 5.91 Å². The molecule has 2 heterocycles. The third-order valence-electron chi connectivity index (χ3n) is 3.94. The molecule has 1 unspecified atom stereocenters. The first-order valence-electron chi connectivity index (χ1n) is 7.81. The number of aromatic nitrogens is 1. The van der Waals surface area contributed by atoms with Gasteiger partial charge in [0.25, 0.3) is 0 Å². The summed E-state index contributed by atoms with van der Waals surface area (Å²) in [6.45, 7) is 8.56. The summed E-state index contributed by atoms with van der Waals surface area (Å²) in [5.74, 6) is 0.209. The van der Waals surface area contributed by atoms with Crippen molar-refractivity contribution >= 4 is 11.6 Å². The maximum atomic E-state index is 12.0. The first-order valence-corrected chi connectivity index (χ1v) is 7.81. The summed E-state index contributed by atoms with van der Waals surface area (Å²) in [6.07, 6.45) is 6.14. The number of likely N-dealkylation sites (tertiary alicyclic amines) is 1. The molecule has 5 heteroatoms. The van der Waals surface area contributed by atoms with E-state index in [0.717, 1.165) is 37.4 Å². The summed E-state index contributed by atoms with van der Waals surface area (Å²) >= 11 is 0. The zero-order valence-corrected chi connectivity index (χ0v) is 13.1. The minimum absolute atomic E-state index is 0.0609. The van der Waals surface area contributed by atoms with Crippen LogP contribution in [0, 0.1) is 12.8 Å². The molecule has 0 aromatic carbocycles. The second-order valence-electron chi connectivity index (χ2n) is 5.82. The Hall–Kier alpha value is -1.62. The van der Waals surface area contributed by atoms with E-state index in [1.54, 1.807) is 6.20 Å². The van der Waals surface area contributed by atoms with Crippen molar-refractivity contribution in [3.63, 3.8) is 0 Å². The highest BCUT2D eigenvalue weighted by molar-refractivity contribution is 5.78. The smallest absolute Gasteiger partial charge is 0.224 e. The van der Waals surface area contributed by atoms with E-state index in [4.69, 9.17) is 0 Å². The molecule has 1 atom stereocenters. The third-order valence-corrected chi connectivity index (χ3v) is 3.94. The van der Waals surface area contributed by atoms with Crippen LogP contribution in [0.1, 0.15) is 25.3 Å². The molecule has 0 spiro atoms. The Balaban J connectivity index is 1.63. The number of hydrogen-bond donors (Lipinski definition) is 2. The minimum Gasteiger partial charge on any atom is -0.383 e. The zero-order valence-electron chi connectivity index (χ0n) is 13.1. The number of nitrogens with zero attached hydrogens (tertiary/aromatic N) is 2. The van der Waals surface area contributed by atoms with Gasteiger partial charge in [0.1, 0.15) is 0 Å². The molecule has 1 saturated heterocycles. The Labute approximate surface area is 127 Å². The van der Waals surface area contributed by atoms with Crippen LogP contribution in [-0.4, -0.2) is 48.5 Å². The molecule has 1 aromatic heterocycles. The van der Waals surface area contributed by atoms with Crippen molar-refractivity contribution in [1.29, 1.82) is 0 Å². The van der Waals surface area contributed by atoms with Crippen molar-refractivity contribution in [2.24, 2.45) is 5.92 Å². The number of hydrogen-bond acceptors (Lipinski definition) is 4. The molecule has 5 nitrogen and oxygen atoms in total. The van der Waals surface area contributed by atoms with E-state index in [1.165, 1.54) is 12.8 Å². The van der Waals surface area contributed by atoms with E-state index in [-0.39, 0.29) is 11.8 Å². The van der Waals surface area contributed by atoms with E-state index in [0.29, 0.717) is 6.54 Å². The van der Waals surface area contributed by atoms with E-state index in [2.05, 4.69) is 20.5 Å². The molecule has 0 aliphatic carbocycles. The maximum absolute atomic E-state index is 12.0. The van der Waals surface area contributed by atoms with Gasteiger partial charge in [-0.25, -0.2) is 0 Å². The number of aryl methyl sites for hydroxylation is 1. The molecule has 1 aromatic rings. The van der Waals surface area contributed by atoms with E-state index < -0.39 is 0 Å². The molecule has 0 saturated carbocycles. The first-order chi connectivity index (χ1) is 10.2. The molecule has 116 valence electrons. The van der Waals surface area contributed by atoms with Gasteiger partial charge in [0, 0.05) is 43.6 Å². The highest BCUT2D eigenvalue weighted by atomic mass is 16.1. The lowest BCUT2D eigenvalue weighted by Gasteiger charge is -2.19. The molecule has 1 aliphatic rings. The highest BCUT2D eigenvalue weighted by Gasteiger charge is 2.19. The van der Waals surface area contributed by atoms with E-state index >= 15 is 0 Å². The molecule has 1 aliphatic heterocycles. The Kier molecular flexibility index (Phi) is 5.99. The highest BCUT2D eigenvalue weighted by Crippen LogP contribution is 2.11. The van der Waals surface area contributed by atoms with Gasteiger partial charge in [-0.1, -0.05) is 6.92 Å². The topological polar surface area (TPSA) is 57.3 Å². The van der Waals surface area contributed by atoms with Crippen molar-refractivity contribution in [2.45, 2.75) is 26.7 Å². The molecular formula is C16H26N4O. The van der Waals surface area contributed by atoms with Crippen molar-refractivity contribution in [3.05, 3.63) is 24.0 Å². The monoisotopic (exact) mass is 290 g/mol. The van der Waals surface area contributed by atoms with Gasteiger partial charge in [0.15, 0.2) is 0 Å². The number of pyridine rings is 1. The second kappa shape index (κ2) is 7.98. The average Bonchev–Trinajstić information content (AvgIpc) is 2.98. The summed E-state index contributed by atoms with van der Waals surface area (Å²) in [5, 5.41) is 6.32. The molecule has 2 rings (SSSR count). The molecule has 1 fully saturated rings. The number of carbonyl (C=O) groups excluding carboxylic acids is 1. The second-order valence-corrected chi connectivity index (χ2v) is 5.82. The fourth-order valence-electron chi connectivity index (χ4n) is 2.66. The van der Waals surface area contributed by atoms with Crippen LogP contribution in [0.3, 0.4) is 0 Å². The van der Waals surface area contributed by atoms with Crippen LogP contribution in [0.15, 0.2) is 18.5 Å². The quantitative estimate of drug-likeness (QED) is 0.750. The Morgan fingerprint density at radius 2 is 2.14 bits per heavy atom. The molecule has 2 N–H and O–H groups in total. The fraction of sp³-hybridized carbons (Fsp3) is 0.625. The van der Waals surface area contributed by atoms with Gasteiger partial charge in [-0.15, -0.1) is 0 Å². The number of rotatable bonds is 7. The van der Waals surface area contributed by atoms with Crippen LogP contribution >= 0.6 is 0 Å². The Bertz CT molecular complexity index is 457.